The van der Waals surface area contributed by atoms with E-state index >= 15 is 0 Å². The molecule has 0 amide bonds. The van der Waals surface area contributed by atoms with Gasteiger partial charge < -0.3 is 5.32 Å². The average Bonchev–Trinajstić information content (AvgIpc) is 2.58. The molecule has 21 heavy (non-hydrogen) atoms. The molecule has 3 rings (SSSR count). The molecular formula is C17H24N4. The first-order chi connectivity index (χ1) is 10.4. The molecule has 1 aliphatic heterocycles. The van der Waals surface area contributed by atoms with Gasteiger partial charge in [-0.3, -0.25) is 4.90 Å². The van der Waals surface area contributed by atoms with E-state index < -0.39 is 0 Å². The second-order valence-electron chi connectivity index (χ2n) is 5.14. The van der Waals surface area contributed by atoms with E-state index in [1.807, 2.05) is 0 Å². The molecular weight excluding hydrogens is 260 g/mol. The molecule has 0 saturated carbocycles. The molecule has 0 spiro atoms. The van der Waals surface area contributed by atoms with Gasteiger partial charge in [-0.15, -0.1) is 0 Å². The molecule has 0 atom stereocenters. The van der Waals surface area contributed by atoms with E-state index in [-0.39, 0.29) is 0 Å². The number of hydrogen-bond acceptors (Lipinski definition) is 4. The van der Waals surface area contributed by atoms with Crippen LogP contribution in [0.25, 0.3) is 0 Å². The predicted octanol–water partition coefficient (Wildman–Crippen LogP) is 3.19. The van der Waals surface area contributed by atoms with Crippen molar-refractivity contribution in [2.45, 2.75) is 25.8 Å². The maximum Gasteiger partial charge on any atom is 0.222 e. The lowest BCUT2D eigenvalue weighted by Gasteiger charge is -2.26. The minimum absolute atomic E-state index is 0.660. The molecule has 2 aromatic rings. The minimum atomic E-state index is 0.660. The summed E-state index contributed by atoms with van der Waals surface area (Å²) in [5.74, 6) is 0.660. The number of benzene rings is 1. The van der Waals surface area contributed by atoms with Crippen LogP contribution in [0.2, 0.25) is 0 Å². The van der Waals surface area contributed by atoms with Crippen LogP contribution in [0.15, 0.2) is 48.8 Å². The van der Waals surface area contributed by atoms with E-state index in [1.165, 1.54) is 37.9 Å². The van der Waals surface area contributed by atoms with Crippen molar-refractivity contribution in [2.24, 2.45) is 0 Å². The number of rotatable bonds is 3. The zero-order valence-corrected chi connectivity index (χ0v) is 12.7. The molecule has 0 unspecified atom stereocenters. The second kappa shape index (κ2) is 9.08. The summed E-state index contributed by atoms with van der Waals surface area (Å²) in [7, 11) is 1.79. The Kier molecular flexibility index (Phi) is 6.68. The fraction of sp³-hybridized carbons (Fsp3) is 0.412. The molecule has 1 saturated heterocycles. The number of hydrogen-bond donors (Lipinski definition) is 1. The van der Waals surface area contributed by atoms with Crippen molar-refractivity contribution < 1.29 is 0 Å². The summed E-state index contributed by atoms with van der Waals surface area (Å²) in [5, 5.41) is 2.80. The smallest absolute Gasteiger partial charge is 0.222 e. The highest BCUT2D eigenvalue weighted by atomic mass is 15.1. The lowest BCUT2D eigenvalue weighted by Crippen LogP contribution is -2.28. The summed E-state index contributed by atoms with van der Waals surface area (Å²) in [6, 6.07) is 12.5. The third kappa shape index (κ3) is 5.92. The van der Waals surface area contributed by atoms with Gasteiger partial charge in [0.1, 0.15) is 0 Å². The zero-order valence-electron chi connectivity index (χ0n) is 12.7. The molecule has 0 bridgehead atoms. The molecule has 1 N–H and O–H groups in total. The van der Waals surface area contributed by atoms with Crippen molar-refractivity contribution in [1.82, 2.24) is 14.9 Å². The fourth-order valence-corrected chi connectivity index (χ4v) is 2.39. The Bertz CT molecular complexity index is 481. The predicted molar refractivity (Wildman–Crippen MR) is 87.1 cm³/mol. The van der Waals surface area contributed by atoms with Crippen LogP contribution in [0.3, 0.4) is 0 Å². The number of piperidine rings is 1. The summed E-state index contributed by atoms with van der Waals surface area (Å²) in [4.78, 5) is 10.3. The van der Waals surface area contributed by atoms with E-state index in [1.54, 1.807) is 25.5 Å². The molecule has 0 radical (unpaired) electrons. The summed E-state index contributed by atoms with van der Waals surface area (Å²) in [5.41, 5.74) is 1.45. The molecule has 4 heteroatoms. The Labute approximate surface area is 127 Å². The van der Waals surface area contributed by atoms with Gasteiger partial charge in [-0.25, -0.2) is 9.97 Å². The van der Waals surface area contributed by atoms with Gasteiger partial charge in [-0.05, 0) is 37.6 Å². The summed E-state index contributed by atoms with van der Waals surface area (Å²) in [6.45, 7) is 3.71. The highest BCUT2D eigenvalue weighted by Crippen LogP contribution is 2.12. The van der Waals surface area contributed by atoms with Gasteiger partial charge in [0, 0.05) is 26.0 Å². The third-order valence-corrected chi connectivity index (χ3v) is 3.49. The van der Waals surface area contributed by atoms with E-state index in [4.69, 9.17) is 0 Å². The Morgan fingerprint density at radius 3 is 2.19 bits per heavy atom. The topological polar surface area (TPSA) is 41.1 Å². The summed E-state index contributed by atoms with van der Waals surface area (Å²) in [6.07, 6.45) is 7.57. The van der Waals surface area contributed by atoms with Gasteiger partial charge >= 0.3 is 0 Å². The van der Waals surface area contributed by atoms with Crippen LogP contribution in [-0.2, 0) is 6.54 Å². The van der Waals surface area contributed by atoms with E-state index in [2.05, 4.69) is 50.5 Å². The van der Waals surface area contributed by atoms with E-state index in [0.717, 1.165) is 6.54 Å². The number of anilines is 1. The Hall–Kier alpha value is -1.94. The van der Waals surface area contributed by atoms with Gasteiger partial charge in [0.05, 0.1) is 0 Å². The number of nitrogens with zero attached hydrogens (tertiary/aromatic N) is 3. The highest BCUT2D eigenvalue weighted by molar-refractivity contribution is 5.19. The molecule has 0 aliphatic carbocycles. The minimum Gasteiger partial charge on any atom is -0.357 e. The van der Waals surface area contributed by atoms with E-state index in [0.29, 0.717) is 5.95 Å². The monoisotopic (exact) mass is 284 g/mol. The molecule has 1 fully saturated rings. The quantitative estimate of drug-likeness (QED) is 0.940. The second-order valence-corrected chi connectivity index (χ2v) is 5.14. The van der Waals surface area contributed by atoms with Gasteiger partial charge in [0.25, 0.3) is 0 Å². The Balaban J connectivity index is 0.000000173. The van der Waals surface area contributed by atoms with Gasteiger partial charge in [-0.1, -0.05) is 36.8 Å². The molecule has 1 aromatic carbocycles. The highest BCUT2D eigenvalue weighted by Gasteiger charge is 2.09. The summed E-state index contributed by atoms with van der Waals surface area (Å²) < 4.78 is 0. The SMILES string of the molecule is CNc1ncccn1.c1ccc(CN2CCCCC2)cc1. The van der Waals surface area contributed by atoms with Gasteiger partial charge in [-0.2, -0.15) is 0 Å². The van der Waals surface area contributed by atoms with Crippen LogP contribution in [0.4, 0.5) is 5.95 Å². The van der Waals surface area contributed by atoms with E-state index in [9.17, 15) is 0 Å². The van der Waals surface area contributed by atoms with Crippen LogP contribution in [0.1, 0.15) is 24.8 Å². The van der Waals surface area contributed by atoms with Crippen molar-refractivity contribution in [3.8, 4) is 0 Å². The van der Waals surface area contributed by atoms with Crippen molar-refractivity contribution >= 4 is 5.95 Å². The molecule has 4 nitrogen and oxygen atoms in total. The van der Waals surface area contributed by atoms with Crippen LogP contribution < -0.4 is 5.32 Å². The third-order valence-electron chi connectivity index (χ3n) is 3.49. The number of nitrogens with one attached hydrogen (secondary N) is 1. The zero-order chi connectivity index (χ0) is 14.8. The first-order valence-corrected chi connectivity index (χ1v) is 7.59. The van der Waals surface area contributed by atoms with Crippen LogP contribution in [0.5, 0.6) is 0 Å². The summed E-state index contributed by atoms with van der Waals surface area (Å²) >= 11 is 0. The molecule has 112 valence electrons. The van der Waals surface area contributed by atoms with Gasteiger partial charge in [0.15, 0.2) is 0 Å². The van der Waals surface area contributed by atoms with Crippen LogP contribution in [0, 0.1) is 0 Å². The Morgan fingerprint density at radius 2 is 1.62 bits per heavy atom. The lowest BCUT2D eigenvalue weighted by atomic mass is 10.1. The standard InChI is InChI=1S/C12H17N.C5H7N3/c1-3-7-12(8-4-1)11-13-9-5-2-6-10-13;1-6-5-7-3-2-4-8-5/h1,3-4,7-8H,2,5-6,9-11H2;2-4H,1H3,(H,6,7,8). The van der Waals surface area contributed by atoms with Crippen LogP contribution >= 0.6 is 0 Å². The maximum atomic E-state index is 3.88. The van der Waals surface area contributed by atoms with Gasteiger partial charge in [0.2, 0.25) is 5.95 Å². The number of likely N-dealkylation sites (tertiary alicyclic amines) is 1. The van der Waals surface area contributed by atoms with Crippen molar-refractivity contribution in [2.75, 3.05) is 25.5 Å². The lowest BCUT2D eigenvalue weighted by molar-refractivity contribution is 0.221. The maximum absolute atomic E-state index is 3.88. The Morgan fingerprint density at radius 1 is 0.952 bits per heavy atom. The molecule has 2 heterocycles. The van der Waals surface area contributed by atoms with Crippen molar-refractivity contribution in [3.05, 3.63) is 54.4 Å². The van der Waals surface area contributed by atoms with Crippen molar-refractivity contribution in [3.63, 3.8) is 0 Å². The molecule has 1 aromatic heterocycles. The first-order valence-electron chi connectivity index (χ1n) is 7.59. The average molecular weight is 284 g/mol. The number of aromatic nitrogens is 2. The fourth-order valence-electron chi connectivity index (χ4n) is 2.39. The van der Waals surface area contributed by atoms with Crippen LogP contribution in [-0.4, -0.2) is 35.0 Å². The molecule has 1 aliphatic rings. The normalized spacial score (nSPS) is 14.9. The van der Waals surface area contributed by atoms with Crippen molar-refractivity contribution in [1.29, 1.82) is 0 Å². The first kappa shape index (κ1) is 15.4. The largest absolute Gasteiger partial charge is 0.357 e.